The van der Waals surface area contributed by atoms with Crippen LogP contribution in [-0.4, -0.2) is 45.6 Å². The summed E-state index contributed by atoms with van der Waals surface area (Å²) in [7, 11) is 0. The summed E-state index contributed by atoms with van der Waals surface area (Å²) in [4.78, 5) is 31.0. The van der Waals surface area contributed by atoms with E-state index < -0.39 is 0 Å². The van der Waals surface area contributed by atoms with E-state index in [1.54, 1.807) is 12.4 Å². The van der Waals surface area contributed by atoms with Gasteiger partial charge in [0.15, 0.2) is 5.65 Å². The number of nitrogens with zero attached hydrogens (tertiary/aromatic N) is 4. The van der Waals surface area contributed by atoms with Gasteiger partial charge >= 0.3 is 0 Å². The Balaban J connectivity index is 1.48. The summed E-state index contributed by atoms with van der Waals surface area (Å²) in [6.45, 7) is 2.30. The van der Waals surface area contributed by atoms with E-state index in [0.29, 0.717) is 12.3 Å². The zero-order valence-corrected chi connectivity index (χ0v) is 14.3. The SMILES string of the molecule is O=C1Cc2ncc(-c3cnc4[nH]ccc4n3)cc2N1CC1CCOCC1. The Morgan fingerprint density at radius 1 is 1.23 bits per heavy atom. The van der Waals surface area contributed by atoms with Crippen molar-refractivity contribution in [3.8, 4) is 11.3 Å². The third-order valence-corrected chi connectivity index (χ3v) is 5.20. The maximum absolute atomic E-state index is 12.5. The highest BCUT2D eigenvalue weighted by atomic mass is 16.5. The Morgan fingerprint density at radius 2 is 2.12 bits per heavy atom. The van der Waals surface area contributed by atoms with E-state index in [-0.39, 0.29) is 5.91 Å². The zero-order valence-electron chi connectivity index (χ0n) is 14.3. The molecule has 0 spiro atoms. The number of aromatic amines is 1. The summed E-state index contributed by atoms with van der Waals surface area (Å²) in [5.41, 5.74) is 4.98. The molecule has 1 N–H and O–H groups in total. The van der Waals surface area contributed by atoms with Crippen LogP contribution in [0.5, 0.6) is 0 Å². The van der Waals surface area contributed by atoms with E-state index in [1.165, 1.54) is 0 Å². The number of hydrogen-bond acceptors (Lipinski definition) is 5. The van der Waals surface area contributed by atoms with E-state index >= 15 is 0 Å². The summed E-state index contributed by atoms with van der Waals surface area (Å²) in [6, 6.07) is 3.92. The molecule has 3 aromatic heterocycles. The molecule has 5 rings (SSSR count). The van der Waals surface area contributed by atoms with Crippen LogP contribution in [0.3, 0.4) is 0 Å². The number of carbonyl (C=O) groups excluding carboxylic acids is 1. The summed E-state index contributed by atoms with van der Waals surface area (Å²) >= 11 is 0. The molecule has 5 heterocycles. The number of carbonyl (C=O) groups is 1. The van der Waals surface area contributed by atoms with Gasteiger partial charge in [-0.1, -0.05) is 0 Å². The lowest BCUT2D eigenvalue weighted by molar-refractivity contribution is -0.117. The van der Waals surface area contributed by atoms with E-state index in [9.17, 15) is 4.79 Å². The summed E-state index contributed by atoms with van der Waals surface area (Å²) in [5, 5.41) is 0. The normalized spacial score (nSPS) is 17.8. The molecule has 7 nitrogen and oxygen atoms in total. The molecule has 0 radical (unpaired) electrons. The van der Waals surface area contributed by atoms with Gasteiger partial charge in [0.2, 0.25) is 5.91 Å². The minimum Gasteiger partial charge on any atom is -0.381 e. The van der Waals surface area contributed by atoms with Crippen molar-refractivity contribution in [1.29, 1.82) is 0 Å². The maximum atomic E-state index is 12.5. The number of nitrogens with one attached hydrogen (secondary N) is 1. The van der Waals surface area contributed by atoms with Crippen molar-refractivity contribution >= 4 is 22.8 Å². The molecular weight excluding hydrogens is 330 g/mol. The fourth-order valence-corrected chi connectivity index (χ4v) is 3.72. The maximum Gasteiger partial charge on any atom is 0.233 e. The first kappa shape index (κ1) is 15.5. The van der Waals surface area contributed by atoms with Gasteiger partial charge < -0.3 is 14.6 Å². The van der Waals surface area contributed by atoms with Gasteiger partial charge in [0.1, 0.15) is 5.52 Å². The second-order valence-corrected chi connectivity index (χ2v) is 6.89. The molecule has 0 aliphatic carbocycles. The van der Waals surface area contributed by atoms with Crippen LogP contribution in [0.2, 0.25) is 0 Å². The number of H-pyrrole nitrogens is 1. The van der Waals surface area contributed by atoms with Crippen LogP contribution in [0, 0.1) is 5.92 Å². The summed E-state index contributed by atoms with van der Waals surface area (Å²) in [5.74, 6) is 0.613. The fourth-order valence-electron chi connectivity index (χ4n) is 3.72. The summed E-state index contributed by atoms with van der Waals surface area (Å²) < 4.78 is 5.43. The molecule has 0 atom stereocenters. The van der Waals surface area contributed by atoms with Crippen molar-refractivity contribution in [2.75, 3.05) is 24.7 Å². The molecule has 0 unspecified atom stereocenters. The smallest absolute Gasteiger partial charge is 0.233 e. The highest BCUT2D eigenvalue weighted by molar-refractivity contribution is 6.01. The van der Waals surface area contributed by atoms with Crippen LogP contribution in [-0.2, 0) is 16.0 Å². The predicted molar refractivity (Wildman–Crippen MR) is 96.7 cm³/mol. The highest BCUT2D eigenvalue weighted by Gasteiger charge is 2.31. The van der Waals surface area contributed by atoms with Gasteiger partial charge in [-0.3, -0.25) is 9.78 Å². The Labute approximate surface area is 150 Å². The molecule has 26 heavy (non-hydrogen) atoms. The quantitative estimate of drug-likeness (QED) is 0.784. The molecule has 3 aromatic rings. The molecule has 132 valence electrons. The fraction of sp³-hybridized carbons (Fsp3) is 0.368. The van der Waals surface area contributed by atoms with Crippen LogP contribution >= 0.6 is 0 Å². The lowest BCUT2D eigenvalue weighted by Gasteiger charge is -2.27. The van der Waals surface area contributed by atoms with Crippen molar-refractivity contribution in [1.82, 2.24) is 19.9 Å². The third-order valence-electron chi connectivity index (χ3n) is 5.20. The number of anilines is 1. The summed E-state index contributed by atoms with van der Waals surface area (Å²) in [6.07, 6.45) is 7.73. The molecule has 0 aromatic carbocycles. The van der Waals surface area contributed by atoms with Gasteiger partial charge in [0, 0.05) is 37.7 Å². The number of pyridine rings is 1. The molecule has 2 aliphatic rings. The molecule has 1 fully saturated rings. The lowest BCUT2D eigenvalue weighted by Crippen LogP contribution is -2.34. The average molecular weight is 349 g/mol. The van der Waals surface area contributed by atoms with E-state index in [2.05, 4.69) is 19.9 Å². The monoisotopic (exact) mass is 349 g/mol. The molecule has 0 saturated carbocycles. The van der Waals surface area contributed by atoms with Gasteiger partial charge in [-0.05, 0) is 30.9 Å². The molecule has 2 aliphatic heterocycles. The van der Waals surface area contributed by atoms with E-state index in [1.807, 2.05) is 23.2 Å². The number of rotatable bonds is 3. The van der Waals surface area contributed by atoms with Gasteiger partial charge in [-0.25, -0.2) is 9.97 Å². The van der Waals surface area contributed by atoms with Crippen LogP contribution in [0.25, 0.3) is 22.4 Å². The van der Waals surface area contributed by atoms with Crippen LogP contribution in [0.1, 0.15) is 18.5 Å². The standard InChI is InChI=1S/C19H19N5O2/c25-18-8-15-17(24(18)11-12-2-5-26-6-3-12)7-13(9-21-15)16-10-22-19-14(23-16)1-4-20-19/h1,4,7,9-10,12H,2-3,5-6,8,11H2,(H,20,22). The number of ether oxygens (including phenoxy) is 1. The first-order valence-corrected chi connectivity index (χ1v) is 8.95. The Bertz CT molecular complexity index is 977. The molecular formula is C19H19N5O2. The topological polar surface area (TPSA) is 84.0 Å². The lowest BCUT2D eigenvalue weighted by atomic mass is 9.99. The van der Waals surface area contributed by atoms with E-state index in [0.717, 1.165) is 66.4 Å². The van der Waals surface area contributed by atoms with Gasteiger partial charge in [-0.15, -0.1) is 0 Å². The van der Waals surface area contributed by atoms with Crippen LogP contribution in [0.15, 0.2) is 30.7 Å². The van der Waals surface area contributed by atoms with Gasteiger partial charge in [0.05, 0.1) is 29.7 Å². The van der Waals surface area contributed by atoms with Crippen LogP contribution in [0.4, 0.5) is 5.69 Å². The predicted octanol–water partition coefficient (Wildman–Crippen LogP) is 2.34. The Kier molecular flexibility index (Phi) is 3.67. The first-order valence-electron chi connectivity index (χ1n) is 8.95. The highest BCUT2D eigenvalue weighted by Crippen LogP contribution is 2.33. The second kappa shape index (κ2) is 6.17. The number of fused-ring (bicyclic) bond motifs is 2. The average Bonchev–Trinajstić information content (AvgIpc) is 3.26. The number of hydrogen-bond donors (Lipinski definition) is 1. The van der Waals surface area contributed by atoms with Gasteiger partial charge in [-0.2, -0.15) is 0 Å². The van der Waals surface area contributed by atoms with Gasteiger partial charge in [0.25, 0.3) is 0 Å². The molecule has 1 saturated heterocycles. The Morgan fingerprint density at radius 3 is 3.00 bits per heavy atom. The largest absolute Gasteiger partial charge is 0.381 e. The molecule has 0 bridgehead atoms. The minimum atomic E-state index is 0.128. The van der Waals surface area contributed by atoms with Crippen molar-refractivity contribution in [3.63, 3.8) is 0 Å². The first-order chi connectivity index (χ1) is 12.8. The van der Waals surface area contributed by atoms with Crippen molar-refractivity contribution < 1.29 is 9.53 Å². The zero-order chi connectivity index (χ0) is 17.5. The van der Waals surface area contributed by atoms with E-state index in [4.69, 9.17) is 4.74 Å². The second-order valence-electron chi connectivity index (χ2n) is 6.89. The van der Waals surface area contributed by atoms with Crippen molar-refractivity contribution in [2.45, 2.75) is 19.3 Å². The van der Waals surface area contributed by atoms with Crippen molar-refractivity contribution in [3.05, 3.63) is 36.4 Å². The Hall–Kier alpha value is -2.80. The number of aromatic nitrogens is 4. The van der Waals surface area contributed by atoms with Crippen LogP contribution < -0.4 is 4.90 Å². The molecule has 7 heteroatoms. The van der Waals surface area contributed by atoms with Crippen molar-refractivity contribution in [2.24, 2.45) is 5.92 Å². The number of amides is 1. The minimum absolute atomic E-state index is 0.128. The third kappa shape index (κ3) is 2.64. The molecule has 1 amide bonds.